The highest BCUT2D eigenvalue weighted by molar-refractivity contribution is 14.1. The molecule has 5 nitrogen and oxygen atoms in total. The first-order valence-corrected chi connectivity index (χ1v) is 7.09. The molecule has 6 heteroatoms. The maximum absolute atomic E-state index is 11.0. The van der Waals surface area contributed by atoms with Crippen LogP contribution in [-0.2, 0) is 6.61 Å². The van der Waals surface area contributed by atoms with Gasteiger partial charge in [0.25, 0.3) is 0 Å². The second kappa shape index (κ2) is 6.57. The van der Waals surface area contributed by atoms with Crippen LogP contribution >= 0.6 is 22.6 Å². The molecule has 0 aliphatic heterocycles. The Morgan fingerprint density at radius 2 is 1.71 bits per heavy atom. The van der Waals surface area contributed by atoms with Crippen molar-refractivity contribution in [3.8, 4) is 5.75 Å². The molecule has 2 aromatic carbocycles. The molecule has 0 atom stereocenters. The first kappa shape index (κ1) is 15.3. The van der Waals surface area contributed by atoms with E-state index in [9.17, 15) is 9.59 Å². The largest absolute Gasteiger partial charge is 0.488 e. The number of carbonyl (C=O) groups is 2. The number of benzene rings is 2. The van der Waals surface area contributed by atoms with E-state index in [1.165, 1.54) is 12.1 Å². The molecular formula is C15H12INO4. The number of hydrogen-bond donors (Lipinski definition) is 2. The predicted octanol–water partition coefficient (Wildman–Crippen LogP) is 2.67. The summed E-state index contributed by atoms with van der Waals surface area (Å²) in [5.74, 6) is -0.970. The minimum absolute atomic E-state index is 0.175. The van der Waals surface area contributed by atoms with Crippen LogP contribution in [0.15, 0.2) is 42.5 Å². The van der Waals surface area contributed by atoms with E-state index in [0.29, 0.717) is 11.3 Å². The van der Waals surface area contributed by atoms with Crippen molar-refractivity contribution in [2.24, 2.45) is 5.73 Å². The number of carboxylic acid groups (broad SMARTS) is 1. The Morgan fingerprint density at radius 3 is 2.29 bits per heavy atom. The average Bonchev–Trinajstić information content (AvgIpc) is 2.46. The van der Waals surface area contributed by atoms with Gasteiger partial charge >= 0.3 is 5.97 Å². The van der Waals surface area contributed by atoms with E-state index in [1.54, 1.807) is 30.3 Å². The van der Waals surface area contributed by atoms with Gasteiger partial charge in [0, 0.05) is 5.56 Å². The summed E-state index contributed by atoms with van der Waals surface area (Å²) >= 11 is 2.08. The normalized spacial score (nSPS) is 10.1. The number of halogens is 1. The summed E-state index contributed by atoms with van der Waals surface area (Å²) in [6.07, 6.45) is 0. The SMILES string of the molecule is NC(=O)c1ccc(COc2cc(C(=O)O)ccc2I)cc1. The smallest absolute Gasteiger partial charge is 0.335 e. The van der Waals surface area contributed by atoms with Gasteiger partial charge in [0.2, 0.25) is 5.91 Å². The van der Waals surface area contributed by atoms with E-state index >= 15 is 0 Å². The van der Waals surface area contributed by atoms with Crippen molar-refractivity contribution in [3.63, 3.8) is 0 Å². The lowest BCUT2D eigenvalue weighted by Crippen LogP contribution is -2.10. The number of carbonyl (C=O) groups excluding carboxylic acids is 1. The molecule has 0 aromatic heterocycles. The Labute approximate surface area is 134 Å². The number of ether oxygens (including phenoxy) is 1. The summed E-state index contributed by atoms with van der Waals surface area (Å²) in [6.45, 7) is 0.276. The monoisotopic (exact) mass is 397 g/mol. The summed E-state index contributed by atoms with van der Waals surface area (Å²) in [7, 11) is 0. The lowest BCUT2D eigenvalue weighted by molar-refractivity contribution is 0.0696. The molecule has 0 fully saturated rings. The summed E-state index contributed by atoms with van der Waals surface area (Å²) in [5.41, 5.74) is 6.63. The topological polar surface area (TPSA) is 89.6 Å². The van der Waals surface area contributed by atoms with Crippen molar-refractivity contribution in [2.45, 2.75) is 6.61 Å². The minimum atomic E-state index is -0.998. The Kier molecular flexibility index (Phi) is 4.79. The molecule has 0 bridgehead atoms. The highest BCUT2D eigenvalue weighted by atomic mass is 127. The number of nitrogens with two attached hydrogens (primary N) is 1. The van der Waals surface area contributed by atoms with E-state index in [4.69, 9.17) is 15.6 Å². The lowest BCUT2D eigenvalue weighted by atomic mass is 10.1. The van der Waals surface area contributed by atoms with Crippen LogP contribution in [0.25, 0.3) is 0 Å². The van der Waals surface area contributed by atoms with E-state index in [2.05, 4.69) is 22.6 Å². The molecule has 0 radical (unpaired) electrons. The summed E-state index contributed by atoms with van der Waals surface area (Å²) in [4.78, 5) is 21.9. The second-order valence-corrected chi connectivity index (χ2v) is 5.46. The summed E-state index contributed by atoms with van der Waals surface area (Å²) in [6, 6.07) is 11.4. The van der Waals surface area contributed by atoms with Gasteiger partial charge in [-0.1, -0.05) is 12.1 Å². The maximum Gasteiger partial charge on any atom is 0.335 e. The highest BCUT2D eigenvalue weighted by Crippen LogP contribution is 2.23. The molecule has 0 aliphatic carbocycles. The van der Waals surface area contributed by atoms with E-state index in [1.807, 2.05) is 0 Å². The quantitative estimate of drug-likeness (QED) is 0.760. The van der Waals surface area contributed by atoms with Crippen LogP contribution < -0.4 is 10.5 Å². The fourth-order valence-electron chi connectivity index (χ4n) is 1.67. The molecular weight excluding hydrogens is 385 g/mol. The molecule has 0 unspecified atom stereocenters. The number of aromatic carboxylic acids is 1. The first-order valence-electron chi connectivity index (χ1n) is 6.02. The van der Waals surface area contributed by atoms with Gasteiger partial charge in [-0.2, -0.15) is 0 Å². The van der Waals surface area contributed by atoms with Gasteiger partial charge in [0.15, 0.2) is 0 Å². The van der Waals surface area contributed by atoms with Crippen molar-refractivity contribution < 1.29 is 19.4 Å². The molecule has 3 N–H and O–H groups in total. The molecule has 0 spiro atoms. The van der Waals surface area contributed by atoms with Crippen molar-refractivity contribution in [3.05, 3.63) is 62.7 Å². The molecule has 0 heterocycles. The van der Waals surface area contributed by atoms with Crippen LogP contribution in [0.3, 0.4) is 0 Å². The summed E-state index contributed by atoms with van der Waals surface area (Å²) < 4.78 is 6.45. The molecule has 0 saturated carbocycles. The lowest BCUT2D eigenvalue weighted by Gasteiger charge is -2.09. The third kappa shape index (κ3) is 3.94. The zero-order valence-corrected chi connectivity index (χ0v) is 13.0. The second-order valence-electron chi connectivity index (χ2n) is 4.30. The number of rotatable bonds is 5. The Morgan fingerprint density at radius 1 is 1.10 bits per heavy atom. The Hall–Kier alpha value is -2.09. The molecule has 1 amide bonds. The van der Waals surface area contributed by atoms with Crippen molar-refractivity contribution in [1.29, 1.82) is 0 Å². The third-order valence-corrected chi connectivity index (χ3v) is 3.70. The summed E-state index contributed by atoms with van der Waals surface area (Å²) in [5, 5.41) is 8.97. The van der Waals surface area contributed by atoms with Gasteiger partial charge in [-0.15, -0.1) is 0 Å². The van der Waals surface area contributed by atoms with Gasteiger partial charge in [0.05, 0.1) is 9.13 Å². The van der Waals surface area contributed by atoms with Crippen LogP contribution in [0.2, 0.25) is 0 Å². The van der Waals surface area contributed by atoms with E-state index < -0.39 is 11.9 Å². The van der Waals surface area contributed by atoms with Crippen molar-refractivity contribution >= 4 is 34.5 Å². The minimum Gasteiger partial charge on any atom is -0.488 e. The molecule has 0 aliphatic rings. The number of primary amides is 1. The number of amides is 1. The fourth-order valence-corrected chi connectivity index (χ4v) is 2.16. The first-order chi connectivity index (χ1) is 9.97. The maximum atomic E-state index is 11.0. The van der Waals surface area contributed by atoms with Crippen LogP contribution in [0.4, 0.5) is 0 Å². The van der Waals surface area contributed by atoms with E-state index in [-0.39, 0.29) is 12.2 Å². The molecule has 21 heavy (non-hydrogen) atoms. The van der Waals surface area contributed by atoms with Crippen LogP contribution in [-0.4, -0.2) is 17.0 Å². The Balaban J connectivity index is 2.10. The van der Waals surface area contributed by atoms with Crippen LogP contribution in [0, 0.1) is 3.57 Å². The fraction of sp³-hybridized carbons (Fsp3) is 0.0667. The van der Waals surface area contributed by atoms with Gasteiger partial charge in [-0.25, -0.2) is 4.79 Å². The van der Waals surface area contributed by atoms with Crippen molar-refractivity contribution in [2.75, 3.05) is 0 Å². The molecule has 2 rings (SSSR count). The van der Waals surface area contributed by atoms with Gasteiger partial charge < -0.3 is 15.6 Å². The van der Waals surface area contributed by atoms with Crippen molar-refractivity contribution in [1.82, 2.24) is 0 Å². The molecule has 2 aromatic rings. The zero-order valence-electron chi connectivity index (χ0n) is 10.9. The molecule has 108 valence electrons. The van der Waals surface area contributed by atoms with Gasteiger partial charge in [-0.05, 0) is 58.5 Å². The van der Waals surface area contributed by atoms with Gasteiger partial charge in [-0.3, -0.25) is 4.79 Å². The average molecular weight is 397 g/mol. The number of hydrogen-bond acceptors (Lipinski definition) is 3. The van der Waals surface area contributed by atoms with Crippen LogP contribution in [0.1, 0.15) is 26.3 Å². The highest BCUT2D eigenvalue weighted by Gasteiger charge is 2.08. The number of carboxylic acids is 1. The van der Waals surface area contributed by atoms with E-state index in [0.717, 1.165) is 9.13 Å². The predicted molar refractivity (Wildman–Crippen MR) is 85.4 cm³/mol. The van der Waals surface area contributed by atoms with Gasteiger partial charge in [0.1, 0.15) is 12.4 Å². The standard InChI is InChI=1S/C15H12INO4/c16-12-6-5-11(15(19)20)7-13(12)21-8-9-1-3-10(4-2-9)14(17)18/h1-7H,8H2,(H2,17,18)(H,19,20). The molecule has 0 saturated heterocycles. The zero-order chi connectivity index (χ0) is 15.4. The third-order valence-electron chi connectivity index (χ3n) is 2.81. The Bertz CT molecular complexity index is 683. The van der Waals surface area contributed by atoms with Crippen LogP contribution in [0.5, 0.6) is 5.75 Å².